The van der Waals surface area contributed by atoms with Crippen LogP contribution in [0.15, 0.2) is 42.5 Å². The number of hydrogen-bond acceptors (Lipinski definition) is 2. The van der Waals surface area contributed by atoms with Gasteiger partial charge < -0.3 is 11.1 Å². The molecule has 0 amide bonds. The highest BCUT2D eigenvalue weighted by Gasteiger charge is 2.04. The first-order chi connectivity index (χ1) is 8.16. The van der Waals surface area contributed by atoms with E-state index in [1.165, 1.54) is 0 Å². The summed E-state index contributed by atoms with van der Waals surface area (Å²) in [5, 5.41) is 2.82. The van der Waals surface area contributed by atoms with E-state index in [0.717, 1.165) is 23.8 Å². The van der Waals surface area contributed by atoms with Crippen molar-refractivity contribution in [3.8, 4) is 0 Å². The van der Waals surface area contributed by atoms with Crippen molar-refractivity contribution in [3.05, 3.63) is 59.7 Å². The summed E-state index contributed by atoms with van der Waals surface area (Å²) >= 11 is 0. The van der Waals surface area contributed by atoms with Gasteiger partial charge in [-0.05, 0) is 29.8 Å². The highest BCUT2D eigenvalue weighted by molar-refractivity contribution is 5.50. The maximum atomic E-state index is 13.3. The zero-order chi connectivity index (χ0) is 12.3. The van der Waals surface area contributed by atoms with Crippen LogP contribution in [0.2, 0.25) is 0 Å². The van der Waals surface area contributed by atoms with Crippen LogP contribution < -0.4 is 11.1 Å². The zero-order valence-corrected chi connectivity index (χ0v) is 9.08. The van der Waals surface area contributed by atoms with Gasteiger partial charge in [-0.3, -0.25) is 0 Å². The summed E-state index contributed by atoms with van der Waals surface area (Å²) in [6.07, 6.45) is 0. The first-order valence-electron chi connectivity index (χ1n) is 5.19. The molecule has 0 aromatic heterocycles. The standard InChI is InChI=1S/C13H12F2N2/c14-10-5-6-11(15)13(7-10)17-8-9-3-1-2-4-12(9)16/h1-7,17H,8,16H2. The minimum absolute atomic E-state index is 0.133. The zero-order valence-electron chi connectivity index (χ0n) is 9.08. The fourth-order valence-corrected chi connectivity index (χ4v) is 1.52. The Kier molecular flexibility index (Phi) is 3.23. The lowest BCUT2D eigenvalue weighted by atomic mass is 10.2. The SMILES string of the molecule is Nc1ccccc1CNc1cc(F)ccc1F. The third-order valence-electron chi connectivity index (χ3n) is 2.45. The van der Waals surface area contributed by atoms with E-state index >= 15 is 0 Å². The molecule has 4 heteroatoms. The molecule has 0 aliphatic carbocycles. The normalized spacial score (nSPS) is 10.2. The Labute approximate surface area is 98.1 Å². The first-order valence-corrected chi connectivity index (χ1v) is 5.19. The third kappa shape index (κ3) is 2.72. The van der Waals surface area contributed by atoms with Crippen molar-refractivity contribution in [3.63, 3.8) is 0 Å². The molecule has 0 aliphatic heterocycles. The molecule has 0 bridgehead atoms. The molecule has 2 aromatic carbocycles. The summed E-state index contributed by atoms with van der Waals surface area (Å²) in [5.74, 6) is -0.962. The van der Waals surface area contributed by atoms with Crippen molar-refractivity contribution in [2.45, 2.75) is 6.54 Å². The number of halogens is 2. The molecule has 17 heavy (non-hydrogen) atoms. The van der Waals surface area contributed by atoms with Gasteiger partial charge in [0.05, 0.1) is 5.69 Å². The van der Waals surface area contributed by atoms with Gasteiger partial charge in [-0.1, -0.05) is 18.2 Å². The molecule has 0 spiro atoms. The summed E-state index contributed by atoms with van der Waals surface area (Å²) in [7, 11) is 0. The molecule has 0 fully saturated rings. The first kappa shape index (κ1) is 11.4. The maximum absolute atomic E-state index is 13.3. The monoisotopic (exact) mass is 234 g/mol. The van der Waals surface area contributed by atoms with Gasteiger partial charge in [0.15, 0.2) is 0 Å². The Balaban J connectivity index is 2.12. The van der Waals surface area contributed by atoms with Gasteiger partial charge in [0, 0.05) is 12.2 Å². The molecular weight excluding hydrogens is 222 g/mol. The van der Waals surface area contributed by atoms with E-state index < -0.39 is 11.6 Å². The lowest BCUT2D eigenvalue weighted by Crippen LogP contribution is -2.04. The number of nitrogens with one attached hydrogen (secondary N) is 1. The van der Waals surface area contributed by atoms with Crippen molar-refractivity contribution >= 4 is 11.4 Å². The van der Waals surface area contributed by atoms with Crippen LogP contribution in [0.4, 0.5) is 20.2 Å². The summed E-state index contributed by atoms with van der Waals surface area (Å²) in [6.45, 7) is 0.354. The van der Waals surface area contributed by atoms with Gasteiger partial charge in [0.25, 0.3) is 0 Å². The minimum atomic E-state index is -0.485. The maximum Gasteiger partial charge on any atom is 0.146 e. The Morgan fingerprint density at radius 3 is 2.59 bits per heavy atom. The Hall–Kier alpha value is -2.10. The Morgan fingerprint density at radius 2 is 1.82 bits per heavy atom. The van der Waals surface area contributed by atoms with Gasteiger partial charge in [-0.25, -0.2) is 8.78 Å². The van der Waals surface area contributed by atoms with E-state index in [2.05, 4.69) is 5.32 Å². The molecule has 0 heterocycles. The van der Waals surface area contributed by atoms with E-state index in [1.54, 1.807) is 6.07 Å². The van der Waals surface area contributed by atoms with Gasteiger partial charge in [-0.15, -0.1) is 0 Å². The number of nitrogens with two attached hydrogens (primary N) is 1. The summed E-state index contributed by atoms with van der Waals surface area (Å²) < 4.78 is 26.2. The molecule has 2 nitrogen and oxygen atoms in total. The number of hydrogen-bond donors (Lipinski definition) is 2. The number of anilines is 2. The Morgan fingerprint density at radius 1 is 1.06 bits per heavy atom. The highest BCUT2D eigenvalue weighted by atomic mass is 19.1. The molecular formula is C13H12F2N2. The predicted molar refractivity (Wildman–Crippen MR) is 64.5 cm³/mol. The number of para-hydroxylation sites is 1. The highest BCUT2D eigenvalue weighted by Crippen LogP contribution is 2.18. The van der Waals surface area contributed by atoms with Gasteiger partial charge in [0.1, 0.15) is 11.6 Å². The quantitative estimate of drug-likeness (QED) is 0.800. The predicted octanol–water partition coefficient (Wildman–Crippen LogP) is 3.16. The van der Waals surface area contributed by atoms with E-state index in [-0.39, 0.29) is 5.69 Å². The van der Waals surface area contributed by atoms with E-state index in [1.807, 2.05) is 18.2 Å². The minimum Gasteiger partial charge on any atom is -0.398 e. The van der Waals surface area contributed by atoms with Gasteiger partial charge >= 0.3 is 0 Å². The Bertz CT molecular complexity index is 527. The average molecular weight is 234 g/mol. The molecule has 0 unspecified atom stereocenters. The van der Waals surface area contributed by atoms with Gasteiger partial charge in [0.2, 0.25) is 0 Å². The van der Waals surface area contributed by atoms with Crippen LogP contribution in [0, 0.1) is 11.6 Å². The van der Waals surface area contributed by atoms with Crippen LogP contribution in [-0.4, -0.2) is 0 Å². The number of benzene rings is 2. The number of rotatable bonds is 3. The molecule has 88 valence electrons. The van der Waals surface area contributed by atoms with Crippen molar-refractivity contribution in [1.29, 1.82) is 0 Å². The molecule has 0 saturated carbocycles. The second-order valence-corrected chi connectivity index (χ2v) is 3.68. The van der Waals surface area contributed by atoms with Crippen LogP contribution in [0.1, 0.15) is 5.56 Å². The van der Waals surface area contributed by atoms with Crippen LogP contribution in [0.3, 0.4) is 0 Å². The molecule has 0 saturated heterocycles. The van der Waals surface area contributed by atoms with Crippen molar-refractivity contribution in [1.82, 2.24) is 0 Å². The van der Waals surface area contributed by atoms with Crippen molar-refractivity contribution in [2.24, 2.45) is 0 Å². The third-order valence-corrected chi connectivity index (χ3v) is 2.45. The van der Waals surface area contributed by atoms with Crippen LogP contribution >= 0.6 is 0 Å². The second-order valence-electron chi connectivity index (χ2n) is 3.68. The van der Waals surface area contributed by atoms with Crippen LogP contribution in [0.25, 0.3) is 0 Å². The lowest BCUT2D eigenvalue weighted by Gasteiger charge is -2.09. The average Bonchev–Trinajstić information content (AvgIpc) is 2.32. The second kappa shape index (κ2) is 4.82. The number of nitrogen functional groups attached to an aromatic ring is 1. The molecule has 0 aliphatic rings. The molecule has 3 N–H and O–H groups in total. The van der Waals surface area contributed by atoms with Gasteiger partial charge in [-0.2, -0.15) is 0 Å². The van der Waals surface area contributed by atoms with E-state index in [4.69, 9.17) is 5.73 Å². The smallest absolute Gasteiger partial charge is 0.146 e. The summed E-state index contributed by atoms with van der Waals surface area (Å²) in [5.41, 5.74) is 7.34. The fraction of sp³-hybridized carbons (Fsp3) is 0.0769. The molecule has 2 aromatic rings. The van der Waals surface area contributed by atoms with E-state index in [0.29, 0.717) is 12.2 Å². The molecule has 2 rings (SSSR count). The molecule has 0 radical (unpaired) electrons. The topological polar surface area (TPSA) is 38.0 Å². The largest absolute Gasteiger partial charge is 0.398 e. The summed E-state index contributed by atoms with van der Waals surface area (Å²) in [4.78, 5) is 0. The van der Waals surface area contributed by atoms with Crippen molar-refractivity contribution < 1.29 is 8.78 Å². The van der Waals surface area contributed by atoms with Crippen LogP contribution in [0.5, 0.6) is 0 Å². The molecule has 0 atom stereocenters. The summed E-state index contributed by atoms with van der Waals surface area (Å²) in [6, 6.07) is 10.5. The fourth-order valence-electron chi connectivity index (χ4n) is 1.52. The van der Waals surface area contributed by atoms with E-state index in [9.17, 15) is 8.78 Å². The van der Waals surface area contributed by atoms with Crippen molar-refractivity contribution in [2.75, 3.05) is 11.1 Å². The lowest BCUT2D eigenvalue weighted by molar-refractivity contribution is 0.602. The van der Waals surface area contributed by atoms with Crippen LogP contribution in [-0.2, 0) is 6.54 Å².